The van der Waals surface area contributed by atoms with Crippen molar-refractivity contribution in [1.29, 1.82) is 0 Å². The van der Waals surface area contributed by atoms with Crippen molar-refractivity contribution in [1.82, 2.24) is 16.2 Å². The molecule has 1 heterocycles. The molecular weight excluding hydrogens is 314 g/mol. The number of benzene rings is 1. The summed E-state index contributed by atoms with van der Waals surface area (Å²) in [6, 6.07) is 5.52. The Morgan fingerprint density at radius 1 is 1.13 bits per heavy atom. The van der Waals surface area contributed by atoms with E-state index < -0.39 is 0 Å². The zero-order chi connectivity index (χ0) is 15.8. The Hall–Kier alpha value is -2.02. The van der Waals surface area contributed by atoms with Crippen molar-refractivity contribution >= 4 is 23.2 Å². The molecule has 0 radical (unpaired) electrons. The molecule has 1 aliphatic heterocycles. The Morgan fingerprint density at radius 2 is 2.00 bits per heavy atom. The van der Waals surface area contributed by atoms with Gasteiger partial charge >= 0.3 is 0 Å². The van der Waals surface area contributed by atoms with E-state index in [2.05, 4.69) is 16.2 Å². The first-order valence-corrected chi connectivity index (χ1v) is 8.36. The average molecular weight is 333 g/mol. The molecule has 2 aliphatic carbocycles. The van der Waals surface area contributed by atoms with E-state index in [1.165, 1.54) is 25.7 Å². The first-order chi connectivity index (χ1) is 11.2. The number of hydrazine groups is 1. The Bertz CT molecular complexity index is 651. The zero-order valence-corrected chi connectivity index (χ0v) is 13.4. The molecule has 23 heavy (non-hydrogen) atoms. The highest BCUT2D eigenvalue weighted by Crippen LogP contribution is 2.44. The maximum absolute atomic E-state index is 12.2. The largest absolute Gasteiger partial charge is 0.454 e. The van der Waals surface area contributed by atoms with E-state index in [9.17, 15) is 4.79 Å². The monoisotopic (exact) mass is 333 g/mol. The van der Waals surface area contributed by atoms with E-state index in [-0.39, 0.29) is 12.7 Å². The van der Waals surface area contributed by atoms with Gasteiger partial charge in [0.2, 0.25) is 6.79 Å². The summed E-state index contributed by atoms with van der Waals surface area (Å²) in [6.07, 6.45) is 5.13. The van der Waals surface area contributed by atoms with Gasteiger partial charge in [-0.25, -0.2) is 0 Å². The number of rotatable bonds is 2. The molecule has 3 atom stereocenters. The lowest BCUT2D eigenvalue weighted by atomic mass is 9.96. The van der Waals surface area contributed by atoms with E-state index in [0.717, 1.165) is 11.8 Å². The van der Waals surface area contributed by atoms with E-state index in [0.29, 0.717) is 28.2 Å². The predicted octanol–water partition coefficient (Wildman–Crippen LogP) is 1.71. The molecule has 1 amide bonds. The molecule has 2 bridgehead atoms. The molecule has 4 rings (SSSR count). The second-order valence-corrected chi connectivity index (χ2v) is 6.81. The number of ether oxygens (including phenoxy) is 2. The molecule has 0 unspecified atom stereocenters. The number of nitrogens with one attached hydrogen (secondary N) is 3. The van der Waals surface area contributed by atoms with Gasteiger partial charge in [0, 0.05) is 11.6 Å². The predicted molar refractivity (Wildman–Crippen MR) is 88.1 cm³/mol. The van der Waals surface area contributed by atoms with Crippen molar-refractivity contribution in [2.45, 2.75) is 31.7 Å². The quantitative estimate of drug-likeness (QED) is 0.565. The molecule has 0 saturated heterocycles. The minimum absolute atomic E-state index is 0.191. The average Bonchev–Trinajstić information content (AvgIpc) is 3.27. The van der Waals surface area contributed by atoms with Crippen molar-refractivity contribution < 1.29 is 14.3 Å². The molecule has 7 heteroatoms. The van der Waals surface area contributed by atoms with Gasteiger partial charge in [-0.05, 0) is 61.5 Å². The molecule has 2 fully saturated rings. The van der Waals surface area contributed by atoms with Gasteiger partial charge in [-0.1, -0.05) is 6.42 Å². The number of hydrogen-bond acceptors (Lipinski definition) is 4. The van der Waals surface area contributed by atoms with Crippen molar-refractivity contribution in [2.24, 2.45) is 11.8 Å². The lowest BCUT2D eigenvalue weighted by Crippen LogP contribution is -2.50. The van der Waals surface area contributed by atoms with Gasteiger partial charge in [0.05, 0.1) is 0 Å². The lowest BCUT2D eigenvalue weighted by molar-refractivity contribution is 0.0943. The fourth-order valence-electron chi connectivity index (χ4n) is 3.85. The Kier molecular flexibility index (Phi) is 3.72. The number of amides is 1. The van der Waals surface area contributed by atoms with Crippen LogP contribution in [0.1, 0.15) is 36.0 Å². The van der Waals surface area contributed by atoms with Crippen LogP contribution in [0.15, 0.2) is 18.2 Å². The number of carbonyl (C=O) groups is 1. The third-order valence-corrected chi connectivity index (χ3v) is 5.20. The first-order valence-electron chi connectivity index (χ1n) is 7.95. The van der Waals surface area contributed by atoms with Crippen molar-refractivity contribution in [3.8, 4) is 11.5 Å². The van der Waals surface area contributed by atoms with Crippen LogP contribution in [0, 0.1) is 11.8 Å². The van der Waals surface area contributed by atoms with Gasteiger partial charge in [0.25, 0.3) is 5.91 Å². The standard InChI is InChI=1S/C16H19N3O3S/c20-15(11-3-4-13-14(7-11)22-8-21-13)18-19-16(23)17-12-6-9-1-2-10(12)5-9/h3-4,7,9-10,12H,1-2,5-6,8H2,(H,18,20)(H2,17,19,23)/t9-,10+,12+/m0/s1. The summed E-state index contributed by atoms with van der Waals surface area (Å²) < 4.78 is 10.5. The van der Waals surface area contributed by atoms with Crippen LogP contribution in [0.25, 0.3) is 0 Å². The van der Waals surface area contributed by atoms with Crippen LogP contribution in [-0.4, -0.2) is 23.9 Å². The summed E-state index contributed by atoms with van der Waals surface area (Å²) >= 11 is 5.27. The SMILES string of the molecule is O=C(NNC(=S)N[C@@H]1C[C@H]2CC[C@@H]1C2)c1ccc2c(c1)OCO2. The third-order valence-electron chi connectivity index (χ3n) is 4.98. The molecule has 122 valence electrons. The summed E-state index contributed by atoms with van der Waals surface area (Å²) in [4.78, 5) is 12.2. The van der Waals surface area contributed by atoms with Crippen molar-refractivity contribution in [2.75, 3.05) is 6.79 Å². The zero-order valence-electron chi connectivity index (χ0n) is 12.6. The van der Waals surface area contributed by atoms with Crippen LogP contribution >= 0.6 is 12.2 Å². The number of thiocarbonyl (C=S) groups is 1. The van der Waals surface area contributed by atoms with E-state index in [1.54, 1.807) is 18.2 Å². The maximum atomic E-state index is 12.2. The molecule has 2 saturated carbocycles. The third kappa shape index (κ3) is 2.93. The molecule has 1 aromatic carbocycles. The van der Waals surface area contributed by atoms with Crippen LogP contribution in [0.5, 0.6) is 11.5 Å². The summed E-state index contributed by atoms with van der Waals surface area (Å²) in [5.41, 5.74) is 5.89. The van der Waals surface area contributed by atoms with E-state index in [1.807, 2.05) is 0 Å². The molecule has 6 nitrogen and oxygen atoms in total. The second kappa shape index (κ2) is 5.88. The fraction of sp³-hybridized carbons (Fsp3) is 0.500. The van der Waals surface area contributed by atoms with Crippen LogP contribution in [0.3, 0.4) is 0 Å². The molecule has 0 aromatic heterocycles. The summed E-state index contributed by atoms with van der Waals surface area (Å²) in [5, 5.41) is 3.79. The fourth-order valence-corrected chi connectivity index (χ4v) is 4.05. The van der Waals surface area contributed by atoms with Gasteiger partial charge in [-0.2, -0.15) is 0 Å². The van der Waals surface area contributed by atoms with Gasteiger partial charge in [-0.3, -0.25) is 15.6 Å². The normalized spacial score (nSPS) is 26.9. The molecule has 3 aliphatic rings. The summed E-state index contributed by atoms with van der Waals surface area (Å²) in [7, 11) is 0. The van der Waals surface area contributed by atoms with Gasteiger partial charge in [0.15, 0.2) is 16.6 Å². The summed E-state index contributed by atoms with van der Waals surface area (Å²) in [5.74, 6) is 2.55. The minimum atomic E-state index is -0.264. The highest BCUT2D eigenvalue weighted by atomic mass is 32.1. The van der Waals surface area contributed by atoms with Crippen LogP contribution in [0.4, 0.5) is 0 Å². The van der Waals surface area contributed by atoms with Crippen LogP contribution in [-0.2, 0) is 0 Å². The Labute approximate surface area is 139 Å². The van der Waals surface area contributed by atoms with Crippen molar-refractivity contribution in [3.05, 3.63) is 23.8 Å². The molecule has 0 spiro atoms. The van der Waals surface area contributed by atoms with Crippen molar-refractivity contribution in [3.63, 3.8) is 0 Å². The Morgan fingerprint density at radius 3 is 2.78 bits per heavy atom. The molecule has 3 N–H and O–H groups in total. The number of hydrogen-bond donors (Lipinski definition) is 3. The van der Waals surface area contributed by atoms with E-state index in [4.69, 9.17) is 21.7 Å². The molecule has 1 aromatic rings. The highest BCUT2D eigenvalue weighted by molar-refractivity contribution is 7.80. The first kappa shape index (κ1) is 14.6. The Balaban J connectivity index is 1.28. The lowest BCUT2D eigenvalue weighted by Gasteiger charge is -2.24. The number of carbonyl (C=O) groups excluding carboxylic acids is 1. The van der Waals surface area contributed by atoms with E-state index >= 15 is 0 Å². The smallest absolute Gasteiger partial charge is 0.269 e. The summed E-state index contributed by atoms with van der Waals surface area (Å²) in [6.45, 7) is 0.191. The maximum Gasteiger partial charge on any atom is 0.269 e. The van der Waals surface area contributed by atoms with Gasteiger partial charge in [-0.15, -0.1) is 0 Å². The van der Waals surface area contributed by atoms with Gasteiger partial charge < -0.3 is 14.8 Å². The van der Waals surface area contributed by atoms with Gasteiger partial charge in [0.1, 0.15) is 0 Å². The van der Waals surface area contributed by atoms with Crippen LogP contribution in [0.2, 0.25) is 0 Å². The molecular formula is C16H19N3O3S. The number of fused-ring (bicyclic) bond motifs is 3. The second-order valence-electron chi connectivity index (χ2n) is 6.40. The van der Waals surface area contributed by atoms with Crippen LogP contribution < -0.4 is 25.6 Å². The minimum Gasteiger partial charge on any atom is -0.454 e. The highest BCUT2D eigenvalue weighted by Gasteiger charge is 2.39. The topological polar surface area (TPSA) is 71.6 Å².